The molecule has 0 N–H and O–H groups in total. The number of rotatable bonds is 8. The number of carbonyl (C=O) groups is 1. The van der Waals surface area contributed by atoms with Gasteiger partial charge in [-0.25, -0.2) is 18.1 Å². The molecule has 1 aliphatic heterocycles. The Hall–Kier alpha value is -1.87. The van der Waals surface area contributed by atoms with Gasteiger partial charge in [0.2, 0.25) is 11.1 Å². The summed E-state index contributed by atoms with van der Waals surface area (Å²) in [6.45, 7) is 4.03. The quantitative estimate of drug-likeness (QED) is 0.515. The number of sulfone groups is 1. The van der Waals surface area contributed by atoms with E-state index in [0.29, 0.717) is 17.5 Å². The highest BCUT2D eigenvalue weighted by Gasteiger charge is 2.36. The lowest BCUT2D eigenvalue weighted by atomic mass is 9.88. The van der Waals surface area contributed by atoms with Crippen molar-refractivity contribution in [3.05, 3.63) is 36.2 Å². The maximum atomic E-state index is 13.2. The van der Waals surface area contributed by atoms with Gasteiger partial charge >= 0.3 is 0 Å². The minimum Gasteiger partial charge on any atom is -0.335 e. The maximum absolute atomic E-state index is 13.2. The zero-order chi connectivity index (χ0) is 23.4. The summed E-state index contributed by atoms with van der Waals surface area (Å²) in [4.78, 5) is 19.9. The second-order valence-corrected chi connectivity index (χ2v) is 12.4. The molecule has 1 aromatic heterocycles. The molecule has 2 aliphatic rings. The van der Waals surface area contributed by atoms with Crippen molar-refractivity contribution in [2.75, 3.05) is 17.3 Å². The Bertz CT molecular complexity index is 1050. The molecular formula is C24H34N4O3S2. The highest BCUT2D eigenvalue weighted by Crippen LogP contribution is 2.34. The monoisotopic (exact) mass is 490 g/mol. The molecule has 1 aromatic carbocycles. The average molecular weight is 491 g/mol. The molecule has 9 heteroatoms. The lowest BCUT2D eigenvalue weighted by Gasteiger charge is -2.33. The predicted octanol–water partition coefficient (Wildman–Crippen LogP) is 4.22. The molecule has 2 atom stereocenters. The van der Waals surface area contributed by atoms with Crippen molar-refractivity contribution >= 4 is 27.5 Å². The first-order chi connectivity index (χ1) is 15.9. The van der Waals surface area contributed by atoms with Gasteiger partial charge in [-0.1, -0.05) is 56.1 Å². The number of carbonyl (C=O) groups excluding carboxylic acids is 1. The lowest BCUT2D eigenvalue weighted by molar-refractivity contribution is -0.132. The molecule has 180 valence electrons. The average Bonchev–Trinajstić information content (AvgIpc) is 3.42. The Kier molecular flexibility index (Phi) is 7.79. The molecule has 0 radical (unpaired) electrons. The number of para-hydroxylation sites is 1. The Morgan fingerprint density at radius 3 is 2.55 bits per heavy atom. The SMILES string of the molecule is CC[C@H](C)N(C(=O)CSc1nc(C2CCCCC2)n(-c2ccccc2)n1)[C@H]1CCS(=O)(=O)C1. The summed E-state index contributed by atoms with van der Waals surface area (Å²) in [6.07, 6.45) is 7.24. The van der Waals surface area contributed by atoms with E-state index >= 15 is 0 Å². The highest BCUT2D eigenvalue weighted by molar-refractivity contribution is 7.99. The summed E-state index contributed by atoms with van der Waals surface area (Å²) in [6, 6.07) is 9.82. The van der Waals surface area contributed by atoms with Crippen molar-refractivity contribution < 1.29 is 13.2 Å². The third-order valence-electron chi connectivity index (χ3n) is 6.86. The molecule has 7 nitrogen and oxygen atoms in total. The van der Waals surface area contributed by atoms with Gasteiger partial charge in [0.05, 0.1) is 22.9 Å². The summed E-state index contributed by atoms with van der Waals surface area (Å²) in [7, 11) is -3.06. The third kappa shape index (κ3) is 5.80. The number of nitrogens with zero attached hydrogens (tertiary/aromatic N) is 4. The topological polar surface area (TPSA) is 85.2 Å². The predicted molar refractivity (Wildman–Crippen MR) is 132 cm³/mol. The summed E-state index contributed by atoms with van der Waals surface area (Å²) in [5, 5.41) is 5.38. The fraction of sp³-hybridized carbons (Fsp3) is 0.625. The molecule has 0 spiro atoms. The molecule has 2 fully saturated rings. The minimum atomic E-state index is -3.06. The van der Waals surface area contributed by atoms with E-state index in [1.807, 2.05) is 48.9 Å². The smallest absolute Gasteiger partial charge is 0.233 e. The number of amides is 1. The van der Waals surface area contributed by atoms with Gasteiger partial charge in [0, 0.05) is 18.0 Å². The zero-order valence-corrected chi connectivity index (χ0v) is 21.2. The van der Waals surface area contributed by atoms with Gasteiger partial charge in [0.1, 0.15) is 5.82 Å². The van der Waals surface area contributed by atoms with E-state index < -0.39 is 9.84 Å². The molecule has 1 aliphatic carbocycles. The van der Waals surface area contributed by atoms with E-state index in [1.165, 1.54) is 31.0 Å². The van der Waals surface area contributed by atoms with Crippen LogP contribution >= 0.6 is 11.8 Å². The van der Waals surface area contributed by atoms with Gasteiger partial charge in [-0.2, -0.15) is 0 Å². The van der Waals surface area contributed by atoms with Gasteiger partial charge in [-0.05, 0) is 44.7 Å². The molecule has 1 amide bonds. The van der Waals surface area contributed by atoms with E-state index in [1.54, 1.807) is 4.90 Å². The molecule has 0 bridgehead atoms. The molecule has 0 unspecified atom stereocenters. The lowest BCUT2D eigenvalue weighted by Crippen LogP contribution is -2.47. The number of benzene rings is 1. The number of hydrogen-bond acceptors (Lipinski definition) is 6. The van der Waals surface area contributed by atoms with E-state index in [-0.39, 0.29) is 35.2 Å². The molecular weight excluding hydrogens is 456 g/mol. The standard InChI is InChI=1S/C24H34N4O3S2/c1-3-18(2)27(21-14-15-33(30,31)17-21)22(29)16-32-24-25-23(19-10-6-4-7-11-19)28(26-24)20-12-8-5-9-13-20/h5,8-9,12-13,18-19,21H,3-4,6-7,10-11,14-17H2,1-2H3/t18-,21-/m0/s1. The molecule has 2 heterocycles. The normalized spacial score (nSPS) is 21.7. The Balaban J connectivity index is 1.52. The van der Waals surface area contributed by atoms with Crippen molar-refractivity contribution in [1.29, 1.82) is 0 Å². The van der Waals surface area contributed by atoms with Gasteiger partial charge in [-0.3, -0.25) is 4.79 Å². The van der Waals surface area contributed by atoms with Gasteiger partial charge < -0.3 is 4.90 Å². The van der Waals surface area contributed by atoms with Crippen LogP contribution in [-0.4, -0.2) is 63.3 Å². The van der Waals surface area contributed by atoms with Crippen LogP contribution in [0.3, 0.4) is 0 Å². The molecule has 33 heavy (non-hydrogen) atoms. The highest BCUT2D eigenvalue weighted by atomic mass is 32.2. The van der Waals surface area contributed by atoms with Gasteiger partial charge in [-0.15, -0.1) is 5.10 Å². The summed E-state index contributed by atoms with van der Waals surface area (Å²) in [5.41, 5.74) is 0.987. The van der Waals surface area contributed by atoms with E-state index in [2.05, 4.69) is 0 Å². The molecule has 4 rings (SSSR count). The van der Waals surface area contributed by atoms with Crippen LogP contribution in [0.15, 0.2) is 35.5 Å². The summed E-state index contributed by atoms with van der Waals surface area (Å²) >= 11 is 1.35. The van der Waals surface area contributed by atoms with Crippen LogP contribution in [0, 0.1) is 0 Å². The van der Waals surface area contributed by atoms with Crippen LogP contribution in [0.2, 0.25) is 0 Å². The second kappa shape index (κ2) is 10.6. The van der Waals surface area contributed by atoms with E-state index in [0.717, 1.165) is 30.8 Å². The van der Waals surface area contributed by atoms with Crippen LogP contribution in [-0.2, 0) is 14.6 Å². The van der Waals surface area contributed by atoms with Crippen LogP contribution in [0.1, 0.15) is 70.5 Å². The Labute approximate surface area is 201 Å². The minimum absolute atomic E-state index is 0.00374. The first kappa shape index (κ1) is 24.3. The van der Waals surface area contributed by atoms with Crippen molar-refractivity contribution in [3.63, 3.8) is 0 Å². The fourth-order valence-electron chi connectivity index (χ4n) is 4.95. The molecule has 2 aromatic rings. The molecule has 1 saturated carbocycles. The van der Waals surface area contributed by atoms with Crippen LogP contribution in [0.4, 0.5) is 0 Å². The van der Waals surface area contributed by atoms with E-state index in [4.69, 9.17) is 10.1 Å². The summed E-state index contributed by atoms with van der Waals surface area (Å²) < 4.78 is 26.0. The van der Waals surface area contributed by atoms with E-state index in [9.17, 15) is 13.2 Å². The van der Waals surface area contributed by atoms with Crippen LogP contribution in [0.25, 0.3) is 5.69 Å². The maximum Gasteiger partial charge on any atom is 0.233 e. The van der Waals surface area contributed by atoms with Crippen molar-refractivity contribution in [2.45, 2.75) is 82.0 Å². The third-order valence-corrected chi connectivity index (χ3v) is 9.44. The van der Waals surface area contributed by atoms with Crippen LogP contribution < -0.4 is 0 Å². The van der Waals surface area contributed by atoms with Crippen LogP contribution in [0.5, 0.6) is 0 Å². The Morgan fingerprint density at radius 1 is 1.18 bits per heavy atom. The first-order valence-corrected chi connectivity index (χ1v) is 14.9. The van der Waals surface area contributed by atoms with Crippen molar-refractivity contribution in [3.8, 4) is 5.69 Å². The van der Waals surface area contributed by atoms with Crippen molar-refractivity contribution in [2.24, 2.45) is 0 Å². The first-order valence-electron chi connectivity index (χ1n) is 12.0. The summed E-state index contributed by atoms with van der Waals surface area (Å²) in [5.74, 6) is 1.78. The Morgan fingerprint density at radius 2 is 1.91 bits per heavy atom. The van der Waals surface area contributed by atoms with Gasteiger partial charge in [0.15, 0.2) is 9.84 Å². The largest absolute Gasteiger partial charge is 0.335 e. The number of thioether (sulfide) groups is 1. The molecule has 1 saturated heterocycles. The van der Waals surface area contributed by atoms with Crippen molar-refractivity contribution in [1.82, 2.24) is 19.7 Å². The zero-order valence-electron chi connectivity index (χ0n) is 19.5. The fourth-order valence-corrected chi connectivity index (χ4v) is 7.36. The number of hydrogen-bond donors (Lipinski definition) is 0. The second-order valence-electron chi connectivity index (χ2n) is 9.24. The van der Waals surface area contributed by atoms with Gasteiger partial charge in [0.25, 0.3) is 0 Å². The number of aromatic nitrogens is 3.